The van der Waals surface area contributed by atoms with Crippen LogP contribution in [-0.4, -0.2) is 24.3 Å². The number of anilines is 1. The van der Waals surface area contributed by atoms with Gasteiger partial charge in [0, 0.05) is 6.20 Å². The van der Waals surface area contributed by atoms with Gasteiger partial charge >= 0.3 is 6.18 Å². The van der Waals surface area contributed by atoms with Crippen LogP contribution < -0.4 is 10.1 Å². The summed E-state index contributed by atoms with van der Waals surface area (Å²) in [5.41, 5.74) is 0.620. The van der Waals surface area contributed by atoms with Gasteiger partial charge in [0.05, 0.1) is 12.5 Å². The SMILES string of the molecule is FC(F)(F)C1CC1c1cnc2c(c1)OCCN2. The van der Waals surface area contributed by atoms with E-state index in [0.717, 1.165) is 0 Å². The predicted molar refractivity (Wildman–Crippen MR) is 55.1 cm³/mol. The number of rotatable bonds is 1. The Kier molecular flexibility index (Phi) is 2.21. The number of aromatic nitrogens is 1. The molecule has 1 aromatic rings. The Morgan fingerprint density at radius 1 is 1.41 bits per heavy atom. The van der Waals surface area contributed by atoms with E-state index in [4.69, 9.17) is 4.74 Å². The van der Waals surface area contributed by atoms with Gasteiger partial charge in [0.25, 0.3) is 0 Å². The second-order valence-corrected chi connectivity index (χ2v) is 4.38. The second-order valence-electron chi connectivity index (χ2n) is 4.38. The molecule has 2 unspecified atom stereocenters. The molecule has 0 aromatic carbocycles. The van der Waals surface area contributed by atoms with Gasteiger partial charge in [-0.15, -0.1) is 0 Å². The molecule has 6 heteroatoms. The van der Waals surface area contributed by atoms with Crippen LogP contribution in [0.2, 0.25) is 0 Å². The zero-order valence-corrected chi connectivity index (χ0v) is 8.92. The largest absolute Gasteiger partial charge is 0.488 e. The molecule has 1 aliphatic heterocycles. The number of nitrogens with one attached hydrogen (secondary N) is 1. The highest BCUT2D eigenvalue weighted by molar-refractivity contribution is 5.53. The lowest BCUT2D eigenvalue weighted by atomic mass is 10.1. The van der Waals surface area contributed by atoms with Gasteiger partial charge in [-0.2, -0.15) is 13.2 Å². The van der Waals surface area contributed by atoms with E-state index in [9.17, 15) is 13.2 Å². The van der Waals surface area contributed by atoms with Gasteiger partial charge in [-0.25, -0.2) is 4.98 Å². The van der Waals surface area contributed by atoms with Crippen LogP contribution in [-0.2, 0) is 0 Å². The summed E-state index contributed by atoms with van der Waals surface area (Å²) in [6, 6.07) is 1.67. The van der Waals surface area contributed by atoms with Gasteiger partial charge in [-0.05, 0) is 24.0 Å². The Balaban J connectivity index is 1.82. The number of hydrogen-bond donors (Lipinski definition) is 1. The lowest BCUT2D eigenvalue weighted by Crippen LogP contribution is -2.19. The van der Waals surface area contributed by atoms with Crippen molar-refractivity contribution in [3.63, 3.8) is 0 Å². The molecule has 1 N–H and O–H groups in total. The topological polar surface area (TPSA) is 34.1 Å². The van der Waals surface area contributed by atoms with Gasteiger partial charge in [0.2, 0.25) is 0 Å². The summed E-state index contributed by atoms with van der Waals surface area (Å²) >= 11 is 0. The molecule has 3 rings (SSSR count). The summed E-state index contributed by atoms with van der Waals surface area (Å²) in [6.45, 7) is 1.19. The number of nitrogens with zero attached hydrogens (tertiary/aromatic N) is 1. The van der Waals surface area contributed by atoms with Crippen LogP contribution in [0.5, 0.6) is 5.75 Å². The van der Waals surface area contributed by atoms with E-state index < -0.39 is 18.0 Å². The number of halogens is 3. The van der Waals surface area contributed by atoms with Crippen LogP contribution in [0.15, 0.2) is 12.3 Å². The Hall–Kier alpha value is -1.46. The van der Waals surface area contributed by atoms with E-state index >= 15 is 0 Å². The maximum absolute atomic E-state index is 12.5. The first kappa shape index (κ1) is 10.7. The number of alkyl halides is 3. The number of hydrogen-bond acceptors (Lipinski definition) is 3. The lowest BCUT2D eigenvalue weighted by Gasteiger charge is -2.18. The third kappa shape index (κ3) is 1.92. The Bertz CT molecular complexity index is 447. The van der Waals surface area contributed by atoms with Crippen molar-refractivity contribution in [3.05, 3.63) is 17.8 Å². The van der Waals surface area contributed by atoms with Crippen molar-refractivity contribution in [2.45, 2.75) is 18.5 Å². The zero-order chi connectivity index (χ0) is 12.0. The molecule has 1 aliphatic carbocycles. The molecule has 3 nitrogen and oxygen atoms in total. The van der Waals surface area contributed by atoms with Crippen LogP contribution in [0.25, 0.3) is 0 Å². The summed E-state index contributed by atoms with van der Waals surface area (Å²) in [5, 5.41) is 3.03. The van der Waals surface area contributed by atoms with Crippen molar-refractivity contribution in [2.24, 2.45) is 5.92 Å². The van der Waals surface area contributed by atoms with E-state index in [-0.39, 0.29) is 6.42 Å². The molecule has 2 aliphatic rings. The van der Waals surface area contributed by atoms with Crippen LogP contribution in [0.3, 0.4) is 0 Å². The van der Waals surface area contributed by atoms with Gasteiger partial charge in [0.1, 0.15) is 6.61 Å². The minimum absolute atomic E-state index is 0.164. The van der Waals surface area contributed by atoms with Crippen LogP contribution in [0.4, 0.5) is 19.0 Å². The number of ether oxygens (including phenoxy) is 1. The number of fused-ring (bicyclic) bond motifs is 1. The minimum atomic E-state index is -4.10. The minimum Gasteiger partial charge on any atom is -0.488 e. The second kappa shape index (κ2) is 3.51. The molecule has 17 heavy (non-hydrogen) atoms. The summed E-state index contributed by atoms with van der Waals surface area (Å²) in [7, 11) is 0. The predicted octanol–water partition coefficient (Wildman–Crippen LogP) is 2.55. The first-order valence-electron chi connectivity index (χ1n) is 5.49. The summed E-state index contributed by atoms with van der Waals surface area (Å²) < 4.78 is 42.7. The Labute approximate surface area is 96.0 Å². The molecular formula is C11H11F3N2O. The van der Waals surface area contributed by atoms with Gasteiger partial charge < -0.3 is 10.1 Å². The van der Waals surface area contributed by atoms with E-state index in [1.165, 1.54) is 6.20 Å². The van der Waals surface area contributed by atoms with Crippen molar-refractivity contribution in [3.8, 4) is 5.75 Å². The van der Waals surface area contributed by atoms with Crippen LogP contribution >= 0.6 is 0 Å². The summed E-state index contributed by atoms with van der Waals surface area (Å²) in [6.07, 6.45) is -2.42. The van der Waals surface area contributed by atoms with Crippen molar-refractivity contribution >= 4 is 5.82 Å². The molecule has 92 valence electrons. The fourth-order valence-electron chi connectivity index (χ4n) is 2.16. The fraction of sp³-hybridized carbons (Fsp3) is 0.545. The van der Waals surface area contributed by atoms with Crippen molar-refractivity contribution < 1.29 is 17.9 Å². The molecule has 0 amide bonds. The molecule has 0 bridgehead atoms. The summed E-state index contributed by atoms with van der Waals surface area (Å²) in [5.74, 6) is -0.483. The molecule has 0 saturated heterocycles. The van der Waals surface area contributed by atoms with Crippen LogP contribution in [0.1, 0.15) is 17.9 Å². The molecule has 2 heterocycles. The highest BCUT2D eigenvalue weighted by atomic mass is 19.4. The van der Waals surface area contributed by atoms with Gasteiger partial charge in [-0.1, -0.05) is 0 Å². The highest BCUT2D eigenvalue weighted by Gasteiger charge is 2.56. The molecule has 2 atom stereocenters. The average molecular weight is 244 g/mol. The lowest BCUT2D eigenvalue weighted by molar-refractivity contribution is -0.148. The smallest absolute Gasteiger partial charge is 0.392 e. The standard InChI is InChI=1S/C11H11F3N2O/c12-11(13,14)8-4-7(8)6-3-9-10(16-5-6)15-1-2-17-9/h3,5,7-8H,1-2,4H2,(H,15,16). The molecule has 1 aromatic heterocycles. The highest BCUT2D eigenvalue weighted by Crippen LogP contribution is 2.56. The van der Waals surface area contributed by atoms with Gasteiger partial charge in [0.15, 0.2) is 11.6 Å². The first-order chi connectivity index (χ1) is 8.05. The fourth-order valence-corrected chi connectivity index (χ4v) is 2.16. The summed E-state index contributed by atoms with van der Waals surface area (Å²) in [4.78, 5) is 4.09. The normalized spacial score (nSPS) is 26.8. The Morgan fingerprint density at radius 3 is 2.94 bits per heavy atom. The quantitative estimate of drug-likeness (QED) is 0.824. The number of pyridine rings is 1. The Morgan fingerprint density at radius 2 is 2.24 bits per heavy atom. The van der Waals surface area contributed by atoms with Crippen molar-refractivity contribution in [2.75, 3.05) is 18.5 Å². The van der Waals surface area contributed by atoms with Crippen molar-refractivity contribution in [1.29, 1.82) is 0 Å². The molecule has 1 fully saturated rings. The molecule has 0 radical (unpaired) electrons. The molecule has 0 spiro atoms. The van der Waals surface area contributed by atoms with Crippen molar-refractivity contribution in [1.82, 2.24) is 4.98 Å². The average Bonchev–Trinajstić information content (AvgIpc) is 3.08. The first-order valence-corrected chi connectivity index (χ1v) is 5.49. The zero-order valence-electron chi connectivity index (χ0n) is 8.92. The maximum atomic E-state index is 12.5. The van der Waals surface area contributed by atoms with E-state index in [1.54, 1.807) is 6.07 Å². The van der Waals surface area contributed by atoms with E-state index in [0.29, 0.717) is 30.3 Å². The third-order valence-electron chi connectivity index (χ3n) is 3.16. The van der Waals surface area contributed by atoms with E-state index in [2.05, 4.69) is 10.3 Å². The van der Waals surface area contributed by atoms with Gasteiger partial charge in [-0.3, -0.25) is 0 Å². The van der Waals surface area contributed by atoms with Crippen LogP contribution in [0, 0.1) is 5.92 Å². The maximum Gasteiger partial charge on any atom is 0.392 e. The van der Waals surface area contributed by atoms with E-state index in [1.807, 2.05) is 0 Å². The molecule has 1 saturated carbocycles. The third-order valence-corrected chi connectivity index (χ3v) is 3.16. The molecular weight excluding hydrogens is 233 g/mol. The monoisotopic (exact) mass is 244 g/mol.